The standard InChI is InChI=1S/C15H23Cl2N3/c1-14(2)6-9(7-15(3,4)8-14)19-13-11(17)5-10(16)12(18)20-13/h5,9H,6-8H2,1-4H3,(H3,18,19,20). The zero-order chi connectivity index (χ0) is 15.1. The van der Waals surface area contributed by atoms with Crippen molar-refractivity contribution in [2.75, 3.05) is 11.1 Å². The Hall–Kier alpha value is -0.670. The molecule has 3 nitrogen and oxygen atoms in total. The summed E-state index contributed by atoms with van der Waals surface area (Å²) < 4.78 is 0. The van der Waals surface area contributed by atoms with Crippen LogP contribution < -0.4 is 11.1 Å². The molecule has 0 amide bonds. The summed E-state index contributed by atoms with van der Waals surface area (Å²) in [6.45, 7) is 9.25. The number of pyridine rings is 1. The van der Waals surface area contributed by atoms with Gasteiger partial charge in [0, 0.05) is 6.04 Å². The highest BCUT2D eigenvalue weighted by atomic mass is 35.5. The highest BCUT2D eigenvalue weighted by Crippen LogP contribution is 2.46. The van der Waals surface area contributed by atoms with Gasteiger partial charge in [0.2, 0.25) is 0 Å². The van der Waals surface area contributed by atoms with Gasteiger partial charge in [-0.25, -0.2) is 4.98 Å². The van der Waals surface area contributed by atoms with Crippen LogP contribution in [-0.2, 0) is 0 Å². The lowest BCUT2D eigenvalue weighted by molar-refractivity contribution is 0.105. The predicted molar refractivity (Wildman–Crippen MR) is 87.5 cm³/mol. The molecule has 2 rings (SSSR count). The summed E-state index contributed by atoms with van der Waals surface area (Å²) in [6.07, 6.45) is 3.41. The van der Waals surface area contributed by atoms with Crippen molar-refractivity contribution in [1.29, 1.82) is 0 Å². The summed E-state index contributed by atoms with van der Waals surface area (Å²) >= 11 is 12.1. The number of nitrogens with one attached hydrogen (secondary N) is 1. The van der Waals surface area contributed by atoms with Crippen LogP contribution in [0, 0.1) is 10.8 Å². The molecular formula is C15H23Cl2N3. The average molecular weight is 316 g/mol. The Morgan fingerprint density at radius 1 is 1.15 bits per heavy atom. The molecule has 0 aliphatic heterocycles. The maximum absolute atomic E-state index is 6.20. The Morgan fingerprint density at radius 2 is 1.70 bits per heavy atom. The number of hydrogen-bond acceptors (Lipinski definition) is 3. The van der Waals surface area contributed by atoms with Crippen molar-refractivity contribution in [3.05, 3.63) is 16.1 Å². The van der Waals surface area contributed by atoms with Crippen LogP contribution in [0.3, 0.4) is 0 Å². The fourth-order valence-corrected chi connectivity index (χ4v) is 4.14. The molecule has 1 aliphatic rings. The largest absolute Gasteiger partial charge is 0.382 e. The van der Waals surface area contributed by atoms with E-state index in [0.29, 0.717) is 38.6 Å². The number of nitrogens with zero attached hydrogens (tertiary/aromatic N) is 1. The molecule has 20 heavy (non-hydrogen) atoms. The van der Waals surface area contributed by atoms with Crippen LogP contribution in [-0.4, -0.2) is 11.0 Å². The van der Waals surface area contributed by atoms with Crippen molar-refractivity contribution in [3.8, 4) is 0 Å². The zero-order valence-corrected chi connectivity index (χ0v) is 14.1. The van der Waals surface area contributed by atoms with Crippen molar-refractivity contribution in [1.82, 2.24) is 4.98 Å². The summed E-state index contributed by atoms with van der Waals surface area (Å²) in [7, 11) is 0. The van der Waals surface area contributed by atoms with Crippen LogP contribution in [0.25, 0.3) is 0 Å². The second-order valence-electron chi connectivity index (χ2n) is 7.44. The van der Waals surface area contributed by atoms with Gasteiger partial charge < -0.3 is 11.1 Å². The first-order valence-corrected chi connectivity index (χ1v) is 7.72. The van der Waals surface area contributed by atoms with Crippen molar-refractivity contribution >= 4 is 34.8 Å². The van der Waals surface area contributed by atoms with E-state index in [4.69, 9.17) is 28.9 Å². The summed E-state index contributed by atoms with van der Waals surface area (Å²) in [4.78, 5) is 4.26. The molecule has 1 fully saturated rings. The van der Waals surface area contributed by atoms with Gasteiger partial charge in [-0.2, -0.15) is 0 Å². The van der Waals surface area contributed by atoms with Gasteiger partial charge in [0.25, 0.3) is 0 Å². The van der Waals surface area contributed by atoms with Crippen LogP contribution >= 0.6 is 23.2 Å². The first kappa shape index (κ1) is 15.7. The third kappa shape index (κ3) is 3.70. The highest BCUT2D eigenvalue weighted by Gasteiger charge is 2.38. The molecule has 0 unspecified atom stereocenters. The second-order valence-corrected chi connectivity index (χ2v) is 8.25. The molecule has 1 aromatic rings. The third-order valence-electron chi connectivity index (χ3n) is 3.85. The van der Waals surface area contributed by atoms with Crippen LogP contribution in [0.2, 0.25) is 10.0 Å². The fourth-order valence-electron chi connectivity index (χ4n) is 3.72. The first-order chi connectivity index (χ1) is 9.08. The summed E-state index contributed by atoms with van der Waals surface area (Å²) in [5.41, 5.74) is 6.38. The lowest BCUT2D eigenvalue weighted by Crippen LogP contribution is -2.40. The molecule has 1 saturated carbocycles. The van der Waals surface area contributed by atoms with Gasteiger partial charge in [-0.1, -0.05) is 50.9 Å². The maximum Gasteiger partial charge on any atom is 0.147 e. The van der Waals surface area contributed by atoms with Crippen molar-refractivity contribution in [3.63, 3.8) is 0 Å². The molecule has 0 saturated heterocycles. The normalized spacial score (nSPS) is 21.7. The maximum atomic E-state index is 6.20. The van der Waals surface area contributed by atoms with Gasteiger partial charge >= 0.3 is 0 Å². The summed E-state index contributed by atoms with van der Waals surface area (Å²) in [6, 6.07) is 1.99. The Bertz CT molecular complexity index is 496. The van der Waals surface area contributed by atoms with Gasteiger partial charge in [-0.15, -0.1) is 0 Å². The molecule has 0 aromatic carbocycles. The van der Waals surface area contributed by atoms with Crippen LogP contribution in [0.1, 0.15) is 47.0 Å². The molecule has 0 radical (unpaired) electrons. The molecular weight excluding hydrogens is 293 g/mol. The van der Waals surface area contributed by atoms with E-state index in [1.54, 1.807) is 6.07 Å². The predicted octanol–water partition coefficient (Wildman–Crippen LogP) is 4.99. The van der Waals surface area contributed by atoms with E-state index in [1.165, 1.54) is 6.42 Å². The van der Waals surface area contributed by atoms with Gasteiger partial charge in [-0.05, 0) is 36.2 Å². The molecule has 112 valence electrons. The molecule has 1 aromatic heterocycles. The SMILES string of the molecule is CC1(C)CC(Nc2nc(N)c(Cl)cc2Cl)CC(C)(C)C1. The van der Waals surface area contributed by atoms with Crippen molar-refractivity contribution < 1.29 is 0 Å². The minimum atomic E-state index is 0.309. The number of nitrogens with two attached hydrogens (primary N) is 1. The monoisotopic (exact) mass is 315 g/mol. The lowest BCUT2D eigenvalue weighted by Gasteiger charge is -2.45. The number of nitrogen functional groups attached to an aromatic ring is 1. The van der Waals surface area contributed by atoms with Crippen LogP contribution in [0.4, 0.5) is 11.6 Å². The smallest absolute Gasteiger partial charge is 0.147 e. The third-order valence-corrected chi connectivity index (χ3v) is 4.44. The minimum absolute atomic E-state index is 0.309. The number of anilines is 2. The topological polar surface area (TPSA) is 50.9 Å². The van der Waals surface area contributed by atoms with Gasteiger partial charge in [0.15, 0.2) is 0 Å². The van der Waals surface area contributed by atoms with Crippen molar-refractivity contribution in [2.45, 2.75) is 53.0 Å². The number of hydrogen-bond donors (Lipinski definition) is 2. The molecule has 5 heteroatoms. The molecule has 0 atom stereocenters. The molecule has 0 bridgehead atoms. The van der Waals surface area contributed by atoms with E-state index in [-0.39, 0.29) is 0 Å². The summed E-state index contributed by atoms with van der Waals surface area (Å²) in [5, 5.41) is 4.36. The van der Waals surface area contributed by atoms with E-state index in [1.807, 2.05) is 0 Å². The minimum Gasteiger partial charge on any atom is -0.382 e. The number of halogens is 2. The van der Waals surface area contributed by atoms with E-state index < -0.39 is 0 Å². The van der Waals surface area contributed by atoms with E-state index in [0.717, 1.165) is 12.8 Å². The Balaban J connectivity index is 2.19. The Morgan fingerprint density at radius 3 is 2.25 bits per heavy atom. The van der Waals surface area contributed by atoms with Gasteiger partial charge in [0.1, 0.15) is 11.6 Å². The van der Waals surface area contributed by atoms with Crippen molar-refractivity contribution in [2.24, 2.45) is 10.8 Å². The zero-order valence-electron chi connectivity index (χ0n) is 12.6. The van der Waals surface area contributed by atoms with E-state index >= 15 is 0 Å². The fraction of sp³-hybridized carbons (Fsp3) is 0.667. The Kier molecular flexibility index (Phi) is 4.14. The van der Waals surface area contributed by atoms with Crippen LogP contribution in [0.5, 0.6) is 0 Å². The second kappa shape index (κ2) is 5.27. The van der Waals surface area contributed by atoms with Crippen LogP contribution in [0.15, 0.2) is 6.07 Å². The van der Waals surface area contributed by atoms with Gasteiger partial charge in [0.05, 0.1) is 10.0 Å². The lowest BCUT2D eigenvalue weighted by atomic mass is 9.63. The summed E-state index contributed by atoms with van der Waals surface area (Å²) in [5.74, 6) is 0.944. The quantitative estimate of drug-likeness (QED) is 0.808. The number of aromatic nitrogens is 1. The first-order valence-electron chi connectivity index (χ1n) is 6.96. The number of rotatable bonds is 2. The molecule has 0 spiro atoms. The van der Waals surface area contributed by atoms with E-state index in [9.17, 15) is 0 Å². The van der Waals surface area contributed by atoms with Gasteiger partial charge in [-0.3, -0.25) is 0 Å². The molecule has 3 N–H and O–H groups in total. The molecule has 1 aliphatic carbocycles. The van der Waals surface area contributed by atoms with E-state index in [2.05, 4.69) is 38.0 Å². The average Bonchev–Trinajstić information content (AvgIpc) is 2.21. The Labute approximate surface area is 131 Å². The molecule has 1 heterocycles. The highest BCUT2D eigenvalue weighted by molar-refractivity contribution is 6.37.